The van der Waals surface area contributed by atoms with Crippen LogP contribution >= 0.6 is 11.6 Å². The van der Waals surface area contributed by atoms with Crippen LogP contribution in [0.15, 0.2) is 36.4 Å². The minimum absolute atomic E-state index is 0.0788. The van der Waals surface area contributed by atoms with Gasteiger partial charge in [-0.05, 0) is 42.8 Å². The van der Waals surface area contributed by atoms with Crippen LogP contribution in [0.1, 0.15) is 11.1 Å². The summed E-state index contributed by atoms with van der Waals surface area (Å²) in [5, 5.41) is 0.342. The van der Waals surface area contributed by atoms with Gasteiger partial charge >= 0.3 is 0 Å². The number of ether oxygens (including phenoxy) is 1. The lowest BCUT2D eigenvalue weighted by Gasteiger charge is -2.09. The molecule has 2 aromatic rings. The molecule has 18 heavy (non-hydrogen) atoms. The molecule has 0 saturated carbocycles. The molecule has 0 aromatic heterocycles. The van der Waals surface area contributed by atoms with E-state index in [-0.39, 0.29) is 12.4 Å². The van der Waals surface area contributed by atoms with Crippen LogP contribution in [0.25, 0.3) is 0 Å². The molecule has 1 nitrogen and oxygen atoms in total. The summed E-state index contributed by atoms with van der Waals surface area (Å²) in [6.07, 6.45) is 0. The Labute approximate surface area is 109 Å². The number of hydrogen-bond donors (Lipinski definition) is 0. The summed E-state index contributed by atoms with van der Waals surface area (Å²) in [6.45, 7) is 1.81. The largest absolute Gasteiger partial charge is 0.489 e. The Kier molecular flexibility index (Phi) is 3.82. The number of hydrogen-bond acceptors (Lipinski definition) is 1. The third-order valence-electron chi connectivity index (χ3n) is 2.54. The Morgan fingerprint density at radius 3 is 2.56 bits per heavy atom. The van der Waals surface area contributed by atoms with Crippen LogP contribution in [0.2, 0.25) is 5.02 Å². The van der Waals surface area contributed by atoms with E-state index in [0.29, 0.717) is 21.9 Å². The van der Waals surface area contributed by atoms with E-state index in [2.05, 4.69) is 0 Å². The fourth-order valence-electron chi connectivity index (χ4n) is 1.57. The van der Waals surface area contributed by atoms with E-state index in [0.717, 1.165) is 0 Å². The first kappa shape index (κ1) is 12.8. The average molecular weight is 269 g/mol. The Hall–Kier alpha value is -1.61. The lowest BCUT2D eigenvalue weighted by molar-refractivity contribution is 0.297. The number of aryl methyl sites for hydroxylation is 1. The fourth-order valence-corrected chi connectivity index (χ4v) is 1.73. The van der Waals surface area contributed by atoms with Crippen molar-refractivity contribution in [2.45, 2.75) is 13.5 Å². The second kappa shape index (κ2) is 5.36. The highest BCUT2D eigenvalue weighted by molar-refractivity contribution is 6.30. The van der Waals surface area contributed by atoms with Gasteiger partial charge in [0.1, 0.15) is 24.0 Å². The number of rotatable bonds is 3. The molecule has 0 aliphatic rings. The first-order valence-corrected chi connectivity index (χ1v) is 5.77. The van der Waals surface area contributed by atoms with E-state index in [1.165, 1.54) is 24.3 Å². The van der Waals surface area contributed by atoms with Crippen molar-refractivity contribution in [1.82, 2.24) is 0 Å². The molecule has 2 aromatic carbocycles. The van der Waals surface area contributed by atoms with Gasteiger partial charge in [-0.25, -0.2) is 8.78 Å². The molecule has 0 atom stereocenters. The Morgan fingerprint density at radius 2 is 1.89 bits per heavy atom. The summed E-state index contributed by atoms with van der Waals surface area (Å²) in [5.74, 6) is -0.203. The minimum Gasteiger partial charge on any atom is -0.489 e. The first-order chi connectivity index (χ1) is 8.56. The standard InChI is InChI=1S/C14H11ClF2O/c1-9-6-12(16)4-5-14(9)18-8-10-2-3-11(15)7-13(10)17/h2-7H,8H2,1H3. The van der Waals surface area contributed by atoms with Gasteiger partial charge in [-0.2, -0.15) is 0 Å². The SMILES string of the molecule is Cc1cc(F)ccc1OCc1ccc(Cl)cc1F. The van der Waals surface area contributed by atoms with Crippen molar-refractivity contribution < 1.29 is 13.5 Å². The zero-order valence-electron chi connectivity index (χ0n) is 9.71. The van der Waals surface area contributed by atoms with Crippen LogP contribution in [-0.4, -0.2) is 0 Å². The molecule has 0 aliphatic heterocycles. The van der Waals surface area contributed by atoms with Gasteiger partial charge < -0.3 is 4.74 Å². The highest BCUT2D eigenvalue weighted by atomic mass is 35.5. The first-order valence-electron chi connectivity index (χ1n) is 5.39. The molecule has 0 aliphatic carbocycles. The molecule has 0 unspecified atom stereocenters. The maximum atomic E-state index is 13.5. The fraction of sp³-hybridized carbons (Fsp3) is 0.143. The summed E-state index contributed by atoms with van der Waals surface area (Å²) >= 11 is 5.65. The van der Waals surface area contributed by atoms with Crippen LogP contribution < -0.4 is 4.74 Å². The Morgan fingerprint density at radius 1 is 1.11 bits per heavy atom. The van der Waals surface area contributed by atoms with E-state index in [9.17, 15) is 8.78 Å². The van der Waals surface area contributed by atoms with E-state index in [4.69, 9.17) is 16.3 Å². The summed E-state index contributed by atoms with van der Waals surface area (Å²) in [4.78, 5) is 0. The molecule has 0 heterocycles. The van der Waals surface area contributed by atoms with Crippen molar-refractivity contribution in [2.75, 3.05) is 0 Å². The molecule has 0 bridgehead atoms. The van der Waals surface area contributed by atoms with Crippen molar-refractivity contribution in [3.8, 4) is 5.75 Å². The number of halogens is 3. The van der Waals surface area contributed by atoms with Gasteiger partial charge in [0.05, 0.1) is 0 Å². The second-order valence-electron chi connectivity index (χ2n) is 3.93. The van der Waals surface area contributed by atoms with E-state index in [1.54, 1.807) is 19.1 Å². The lowest BCUT2D eigenvalue weighted by Crippen LogP contribution is -1.99. The van der Waals surface area contributed by atoms with Crippen LogP contribution in [0, 0.1) is 18.6 Å². The van der Waals surface area contributed by atoms with Crippen molar-refractivity contribution in [1.29, 1.82) is 0 Å². The summed E-state index contributed by atoms with van der Waals surface area (Å²) in [7, 11) is 0. The third-order valence-corrected chi connectivity index (χ3v) is 2.77. The van der Waals surface area contributed by atoms with Crippen molar-refractivity contribution in [2.24, 2.45) is 0 Å². The summed E-state index contributed by atoms with van der Waals surface area (Å²) in [6, 6.07) is 8.60. The molecule has 0 amide bonds. The van der Waals surface area contributed by atoms with Gasteiger partial charge in [-0.3, -0.25) is 0 Å². The normalized spacial score (nSPS) is 10.4. The van der Waals surface area contributed by atoms with Crippen molar-refractivity contribution >= 4 is 11.6 Å². The average Bonchev–Trinajstić information content (AvgIpc) is 2.30. The second-order valence-corrected chi connectivity index (χ2v) is 4.37. The molecule has 0 spiro atoms. The molecule has 0 radical (unpaired) electrons. The predicted octanol–water partition coefficient (Wildman–Crippen LogP) is 4.51. The molecular weight excluding hydrogens is 258 g/mol. The molecule has 0 N–H and O–H groups in total. The summed E-state index contributed by atoms with van der Waals surface area (Å²) < 4.78 is 31.8. The lowest BCUT2D eigenvalue weighted by atomic mass is 10.2. The van der Waals surface area contributed by atoms with E-state index in [1.807, 2.05) is 0 Å². The van der Waals surface area contributed by atoms with Crippen molar-refractivity contribution in [3.05, 3.63) is 64.2 Å². The quantitative estimate of drug-likeness (QED) is 0.796. The van der Waals surface area contributed by atoms with Crippen LogP contribution in [0.5, 0.6) is 5.75 Å². The third kappa shape index (κ3) is 2.99. The monoisotopic (exact) mass is 268 g/mol. The van der Waals surface area contributed by atoms with Gasteiger partial charge in [-0.1, -0.05) is 17.7 Å². The zero-order chi connectivity index (χ0) is 13.1. The molecule has 4 heteroatoms. The highest BCUT2D eigenvalue weighted by Gasteiger charge is 2.06. The van der Waals surface area contributed by atoms with Crippen LogP contribution in [0.3, 0.4) is 0 Å². The van der Waals surface area contributed by atoms with Gasteiger partial charge in [0, 0.05) is 10.6 Å². The van der Waals surface area contributed by atoms with Gasteiger partial charge in [0.25, 0.3) is 0 Å². The predicted molar refractivity (Wildman–Crippen MR) is 66.9 cm³/mol. The van der Waals surface area contributed by atoms with Crippen LogP contribution in [0.4, 0.5) is 8.78 Å². The highest BCUT2D eigenvalue weighted by Crippen LogP contribution is 2.21. The smallest absolute Gasteiger partial charge is 0.131 e. The molecule has 94 valence electrons. The van der Waals surface area contributed by atoms with E-state index < -0.39 is 5.82 Å². The molecule has 2 rings (SSSR count). The van der Waals surface area contributed by atoms with Gasteiger partial charge in [0.2, 0.25) is 0 Å². The molecule has 0 fully saturated rings. The minimum atomic E-state index is -0.415. The molecule has 0 saturated heterocycles. The number of benzene rings is 2. The van der Waals surface area contributed by atoms with Crippen molar-refractivity contribution in [3.63, 3.8) is 0 Å². The Bertz CT molecular complexity index is 518. The maximum Gasteiger partial charge on any atom is 0.131 e. The maximum absolute atomic E-state index is 13.5. The zero-order valence-corrected chi connectivity index (χ0v) is 10.5. The van der Waals surface area contributed by atoms with Crippen LogP contribution in [-0.2, 0) is 6.61 Å². The van der Waals surface area contributed by atoms with Gasteiger partial charge in [0.15, 0.2) is 0 Å². The molecular formula is C14H11ClF2O. The topological polar surface area (TPSA) is 9.23 Å². The van der Waals surface area contributed by atoms with E-state index >= 15 is 0 Å². The summed E-state index contributed by atoms with van der Waals surface area (Å²) in [5.41, 5.74) is 1.08. The van der Waals surface area contributed by atoms with Gasteiger partial charge in [-0.15, -0.1) is 0 Å². The Balaban J connectivity index is 2.11.